The third-order valence-corrected chi connectivity index (χ3v) is 4.41. The maximum absolute atomic E-state index is 5.86. The lowest BCUT2D eigenvalue weighted by Gasteiger charge is -2.12. The Morgan fingerprint density at radius 2 is 2.18 bits per heavy atom. The van der Waals surface area contributed by atoms with Gasteiger partial charge in [0.15, 0.2) is 0 Å². The van der Waals surface area contributed by atoms with E-state index in [0.29, 0.717) is 11.8 Å². The Labute approximate surface area is 138 Å². The van der Waals surface area contributed by atoms with Crippen molar-refractivity contribution in [2.45, 2.75) is 13.3 Å². The summed E-state index contributed by atoms with van der Waals surface area (Å²) in [6, 6.07) is 8.04. The van der Waals surface area contributed by atoms with Crippen LogP contribution in [0.3, 0.4) is 0 Å². The monoisotopic (exact) mass is 333 g/mol. The largest absolute Gasteiger partial charge is 0.494 e. The summed E-state index contributed by atoms with van der Waals surface area (Å²) in [4.78, 5) is 8.02. The lowest BCUT2D eigenvalue weighted by molar-refractivity contribution is 0.337. The second-order valence-electron chi connectivity index (χ2n) is 4.71. The van der Waals surface area contributed by atoms with Crippen LogP contribution in [0.4, 0.5) is 5.82 Å². The Balaban J connectivity index is 1.77. The molecule has 0 saturated heterocycles. The van der Waals surface area contributed by atoms with Gasteiger partial charge in [-0.15, -0.1) is 11.3 Å². The van der Waals surface area contributed by atoms with E-state index in [4.69, 9.17) is 16.3 Å². The van der Waals surface area contributed by atoms with Crippen LogP contribution < -0.4 is 10.1 Å². The molecule has 0 unspecified atom stereocenters. The fraction of sp³-hybridized carbons (Fsp3) is 0.250. The number of hydrogen-bond donors (Lipinski definition) is 1. The minimum absolute atomic E-state index is 0.437. The molecule has 3 aromatic rings. The number of rotatable bonds is 6. The number of aromatic nitrogens is 2. The van der Waals surface area contributed by atoms with Gasteiger partial charge in [0.1, 0.15) is 23.0 Å². The van der Waals surface area contributed by atoms with Crippen LogP contribution in [0.2, 0.25) is 5.15 Å². The molecule has 0 amide bonds. The Morgan fingerprint density at radius 3 is 3.00 bits per heavy atom. The van der Waals surface area contributed by atoms with E-state index in [1.165, 1.54) is 22.0 Å². The average molecular weight is 334 g/mol. The van der Waals surface area contributed by atoms with E-state index < -0.39 is 0 Å². The highest BCUT2D eigenvalue weighted by Gasteiger charge is 2.09. The van der Waals surface area contributed by atoms with Crippen LogP contribution in [-0.2, 0) is 6.42 Å². The molecule has 22 heavy (non-hydrogen) atoms. The fourth-order valence-corrected chi connectivity index (χ4v) is 3.34. The summed E-state index contributed by atoms with van der Waals surface area (Å²) in [5, 5.41) is 7.08. The SMILES string of the molecule is CCOc1ccc2sccc2c1CCNc1cc(Cl)ncn1. The topological polar surface area (TPSA) is 47.0 Å². The number of benzene rings is 1. The lowest BCUT2D eigenvalue weighted by Crippen LogP contribution is -2.08. The second-order valence-corrected chi connectivity index (χ2v) is 6.05. The zero-order valence-corrected chi connectivity index (χ0v) is 13.7. The van der Waals surface area contributed by atoms with Crippen molar-refractivity contribution in [3.63, 3.8) is 0 Å². The van der Waals surface area contributed by atoms with Crippen molar-refractivity contribution in [1.82, 2.24) is 9.97 Å². The maximum Gasteiger partial charge on any atom is 0.134 e. The van der Waals surface area contributed by atoms with Crippen molar-refractivity contribution in [1.29, 1.82) is 0 Å². The molecule has 0 bridgehead atoms. The highest BCUT2D eigenvalue weighted by Crippen LogP contribution is 2.32. The van der Waals surface area contributed by atoms with Gasteiger partial charge in [-0.05, 0) is 42.3 Å². The normalized spacial score (nSPS) is 10.8. The highest BCUT2D eigenvalue weighted by molar-refractivity contribution is 7.17. The molecule has 1 N–H and O–H groups in total. The minimum atomic E-state index is 0.437. The van der Waals surface area contributed by atoms with Gasteiger partial charge in [-0.3, -0.25) is 0 Å². The molecule has 0 aliphatic rings. The van der Waals surface area contributed by atoms with Gasteiger partial charge in [0.2, 0.25) is 0 Å². The number of thiophene rings is 1. The predicted octanol–water partition coefficient (Wildman–Crippen LogP) is 4.40. The van der Waals surface area contributed by atoms with Gasteiger partial charge in [0, 0.05) is 22.9 Å². The molecule has 114 valence electrons. The number of ether oxygens (including phenoxy) is 1. The number of fused-ring (bicyclic) bond motifs is 1. The van der Waals surface area contributed by atoms with E-state index in [1.54, 1.807) is 17.4 Å². The zero-order chi connectivity index (χ0) is 15.4. The molecule has 2 aromatic heterocycles. The fourth-order valence-electron chi connectivity index (χ4n) is 2.38. The molecule has 1 aromatic carbocycles. The Kier molecular flexibility index (Phi) is 4.75. The Morgan fingerprint density at radius 1 is 1.27 bits per heavy atom. The summed E-state index contributed by atoms with van der Waals surface area (Å²) in [5.41, 5.74) is 1.23. The first-order valence-corrected chi connectivity index (χ1v) is 8.37. The molecule has 0 aliphatic heterocycles. The maximum atomic E-state index is 5.86. The van der Waals surface area contributed by atoms with Crippen molar-refractivity contribution in [2.75, 3.05) is 18.5 Å². The zero-order valence-electron chi connectivity index (χ0n) is 12.2. The summed E-state index contributed by atoms with van der Waals surface area (Å²) >= 11 is 7.61. The first-order valence-electron chi connectivity index (χ1n) is 7.11. The number of anilines is 1. The molecule has 6 heteroatoms. The smallest absolute Gasteiger partial charge is 0.134 e. The van der Waals surface area contributed by atoms with Crippen molar-refractivity contribution < 1.29 is 4.74 Å². The van der Waals surface area contributed by atoms with Crippen molar-refractivity contribution >= 4 is 38.8 Å². The first-order chi connectivity index (χ1) is 10.8. The molecule has 4 nitrogen and oxygen atoms in total. The highest BCUT2D eigenvalue weighted by atomic mass is 35.5. The molecule has 3 rings (SSSR count). The van der Waals surface area contributed by atoms with Gasteiger partial charge in [0.25, 0.3) is 0 Å². The summed E-state index contributed by atoms with van der Waals surface area (Å²) in [6.45, 7) is 3.42. The van der Waals surface area contributed by atoms with Gasteiger partial charge in [-0.2, -0.15) is 0 Å². The van der Waals surface area contributed by atoms with Crippen LogP contribution in [0.15, 0.2) is 36.0 Å². The standard InChI is InChI=1S/C16H16ClN3OS/c1-2-21-13-3-4-14-12(6-8-22-14)11(13)5-7-18-16-9-15(17)19-10-20-16/h3-4,6,8-10H,2,5,7H2,1H3,(H,18,19,20). The Bertz CT molecular complexity index is 775. The Hall–Kier alpha value is -1.85. The van der Waals surface area contributed by atoms with Crippen LogP contribution in [-0.4, -0.2) is 23.1 Å². The van der Waals surface area contributed by atoms with Crippen molar-refractivity contribution in [2.24, 2.45) is 0 Å². The van der Waals surface area contributed by atoms with Crippen LogP contribution in [0.25, 0.3) is 10.1 Å². The molecular weight excluding hydrogens is 318 g/mol. The van der Waals surface area contributed by atoms with Crippen LogP contribution in [0.1, 0.15) is 12.5 Å². The molecular formula is C16H16ClN3OS. The summed E-state index contributed by atoms with van der Waals surface area (Å²) in [6.07, 6.45) is 2.31. The van der Waals surface area contributed by atoms with Crippen LogP contribution in [0.5, 0.6) is 5.75 Å². The van der Waals surface area contributed by atoms with Crippen molar-refractivity contribution in [3.05, 3.63) is 46.7 Å². The average Bonchev–Trinajstić information content (AvgIpc) is 2.98. The van der Waals surface area contributed by atoms with E-state index in [9.17, 15) is 0 Å². The number of nitrogens with one attached hydrogen (secondary N) is 1. The quantitative estimate of drug-likeness (QED) is 0.679. The van der Waals surface area contributed by atoms with Crippen LogP contribution >= 0.6 is 22.9 Å². The van der Waals surface area contributed by atoms with E-state index in [-0.39, 0.29) is 0 Å². The third-order valence-electron chi connectivity index (χ3n) is 3.32. The third kappa shape index (κ3) is 3.31. The molecule has 0 aliphatic carbocycles. The molecule has 2 heterocycles. The van der Waals surface area contributed by atoms with Gasteiger partial charge in [-0.25, -0.2) is 9.97 Å². The van der Waals surface area contributed by atoms with Gasteiger partial charge in [0.05, 0.1) is 6.61 Å². The van der Waals surface area contributed by atoms with E-state index in [0.717, 1.165) is 24.5 Å². The van der Waals surface area contributed by atoms with Gasteiger partial charge < -0.3 is 10.1 Å². The van der Waals surface area contributed by atoms with E-state index in [2.05, 4.69) is 38.9 Å². The van der Waals surface area contributed by atoms with E-state index in [1.807, 2.05) is 6.92 Å². The number of hydrogen-bond acceptors (Lipinski definition) is 5. The van der Waals surface area contributed by atoms with Gasteiger partial charge >= 0.3 is 0 Å². The van der Waals surface area contributed by atoms with Gasteiger partial charge in [-0.1, -0.05) is 11.6 Å². The number of nitrogens with zero attached hydrogens (tertiary/aromatic N) is 2. The predicted molar refractivity (Wildman–Crippen MR) is 92.2 cm³/mol. The summed E-state index contributed by atoms with van der Waals surface area (Å²) < 4.78 is 7.05. The summed E-state index contributed by atoms with van der Waals surface area (Å²) in [7, 11) is 0. The molecule has 0 radical (unpaired) electrons. The lowest BCUT2D eigenvalue weighted by atomic mass is 10.1. The van der Waals surface area contributed by atoms with Crippen molar-refractivity contribution in [3.8, 4) is 5.75 Å². The molecule has 0 atom stereocenters. The van der Waals surface area contributed by atoms with Crippen LogP contribution in [0, 0.1) is 0 Å². The summed E-state index contributed by atoms with van der Waals surface area (Å²) in [5.74, 6) is 1.69. The van der Waals surface area contributed by atoms with E-state index >= 15 is 0 Å². The molecule has 0 spiro atoms. The first kappa shape index (κ1) is 15.1. The molecule has 0 saturated carbocycles. The number of halogens is 1. The second kappa shape index (κ2) is 6.94. The minimum Gasteiger partial charge on any atom is -0.494 e. The molecule has 0 fully saturated rings.